The van der Waals surface area contributed by atoms with Crippen molar-refractivity contribution >= 4 is 32.6 Å². The van der Waals surface area contributed by atoms with Gasteiger partial charge in [-0.1, -0.05) is 19.4 Å². The maximum atomic E-state index is 15.2. The Morgan fingerprint density at radius 1 is 0.973 bits per heavy atom. The van der Waals surface area contributed by atoms with Crippen molar-refractivity contribution in [3.05, 3.63) is 41.8 Å². The van der Waals surface area contributed by atoms with Gasteiger partial charge in [-0.05, 0) is 32.0 Å². The number of halogens is 6. The van der Waals surface area contributed by atoms with Gasteiger partial charge in [0.05, 0.1) is 31.8 Å². The maximum absolute atomic E-state index is 15.2. The minimum absolute atomic E-state index is 0.0323. The van der Waals surface area contributed by atoms with Gasteiger partial charge < -0.3 is 29.2 Å². The molecule has 206 valence electrons. The predicted molar refractivity (Wildman–Crippen MR) is 128 cm³/mol. The highest BCUT2D eigenvalue weighted by molar-refractivity contribution is 8.45. The van der Waals surface area contributed by atoms with Gasteiger partial charge in [-0.25, -0.2) is 4.39 Å². The van der Waals surface area contributed by atoms with Gasteiger partial charge in [-0.15, -0.1) is 0 Å². The molecule has 0 aliphatic rings. The number of nitrogen functional groups attached to an aromatic ring is 1. The quantitative estimate of drug-likeness (QED) is 0.151. The molecule has 2 N–H and O–H groups in total. The fourth-order valence-electron chi connectivity index (χ4n) is 3.57. The highest BCUT2D eigenvalue weighted by Crippen LogP contribution is 3.02. The van der Waals surface area contributed by atoms with Crippen LogP contribution < -0.4 is 19.9 Å². The molecule has 0 bridgehead atoms. The number of fused-ring (bicyclic) bond motifs is 1. The molecule has 0 spiro atoms. The number of benzene rings is 2. The third-order valence-corrected chi connectivity index (χ3v) is 6.31. The summed E-state index contributed by atoms with van der Waals surface area (Å²) in [6.07, 6.45) is 1.30. The Bertz CT molecular complexity index is 1330. The summed E-state index contributed by atoms with van der Waals surface area (Å²) in [5.74, 6) is -2.74. The molecule has 0 saturated carbocycles. The summed E-state index contributed by atoms with van der Waals surface area (Å²) in [6, 6.07) is 2.55. The van der Waals surface area contributed by atoms with Crippen molar-refractivity contribution in [2.75, 3.05) is 39.3 Å². The first-order valence-electron chi connectivity index (χ1n) is 11.0. The predicted octanol–water partition coefficient (Wildman–Crippen LogP) is 6.73. The van der Waals surface area contributed by atoms with Gasteiger partial charge in [0.2, 0.25) is 0 Å². The van der Waals surface area contributed by atoms with E-state index >= 15 is 4.39 Å². The molecule has 0 amide bonds. The number of nitrogens with two attached hydrogens (primary N) is 1. The number of rotatable bonds is 12. The molecule has 1 aromatic heterocycles. The van der Waals surface area contributed by atoms with Gasteiger partial charge in [0.25, 0.3) is 0 Å². The SMILES string of the molecule is CCOc1cc2cn(CC(=O)c3cc(OCCOC)cc(S(F)(F)(F)(F)F)c3)c(N)c2c(F)c1OCC. The van der Waals surface area contributed by atoms with Crippen LogP contribution in [0.5, 0.6) is 17.2 Å². The van der Waals surface area contributed by atoms with Gasteiger partial charge in [-0.2, -0.15) is 0 Å². The minimum atomic E-state index is -10.2. The summed E-state index contributed by atoms with van der Waals surface area (Å²) >= 11 is 0. The minimum Gasteiger partial charge on any atom is -0.491 e. The van der Waals surface area contributed by atoms with Crippen LogP contribution in [0, 0.1) is 5.82 Å². The molecule has 37 heavy (non-hydrogen) atoms. The molecule has 3 rings (SSSR count). The van der Waals surface area contributed by atoms with Crippen LogP contribution in [-0.4, -0.2) is 43.9 Å². The normalized spacial score (nSPS) is 13.8. The number of nitrogens with zero attached hydrogens (tertiary/aromatic N) is 1. The topological polar surface area (TPSA) is 84.9 Å². The molecule has 2 aromatic carbocycles. The van der Waals surface area contributed by atoms with Crippen molar-refractivity contribution in [1.82, 2.24) is 4.57 Å². The molecule has 7 nitrogen and oxygen atoms in total. The van der Waals surface area contributed by atoms with Crippen molar-refractivity contribution in [2.24, 2.45) is 0 Å². The number of carbonyl (C=O) groups is 1. The van der Waals surface area contributed by atoms with Crippen molar-refractivity contribution < 1.29 is 47.6 Å². The number of Topliss-reactive ketones (excluding diaryl/α,β-unsaturated/α-hetero) is 1. The molecule has 0 saturated heterocycles. The Kier molecular flexibility index (Phi) is 7.32. The summed E-state index contributed by atoms with van der Waals surface area (Å²) in [4.78, 5) is 10.7. The van der Waals surface area contributed by atoms with Crippen LogP contribution in [0.3, 0.4) is 0 Å². The number of anilines is 1. The highest BCUT2D eigenvalue weighted by atomic mass is 32.5. The van der Waals surface area contributed by atoms with Gasteiger partial charge in [0.1, 0.15) is 23.1 Å². The summed E-state index contributed by atoms with van der Waals surface area (Å²) < 4.78 is 105. The molecule has 1 heterocycles. The van der Waals surface area contributed by atoms with Crippen molar-refractivity contribution in [3.63, 3.8) is 0 Å². The van der Waals surface area contributed by atoms with E-state index in [9.17, 15) is 24.2 Å². The lowest BCUT2D eigenvalue weighted by Crippen LogP contribution is -2.14. The van der Waals surface area contributed by atoms with E-state index in [1.54, 1.807) is 13.8 Å². The van der Waals surface area contributed by atoms with Crippen molar-refractivity contribution in [2.45, 2.75) is 25.3 Å². The zero-order valence-corrected chi connectivity index (χ0v) is 21.0. The van der Waals surface area contributed by atoms with E-state index in [-0.39, 0.29) is 66.6 Å². The van der Waals surface area contributed by atoms with Gasteiger partial charge in [0, 0.05) is 30.3 Å². The van der Waals surface area contributed by atoms with Crippen molar-refractivity contribution in [3.8, 4) is 17.2 Å². The second-order valence-corrected chi connectivity index (χ2v) is 10.3. The van der Waals surface area contributed by atoms with Crippen LogP contribution in [0.25, 0.3) is 10.8 Å². The average molecular weight is 557 g/mol. The standard InChI is InChI=1S/C23H26F6N2O5S/c1-4-34-19-10-15-12-31(23(30)20(15)21(24)22(19)35-5-2)13-18(32)14-8-16(36-7-6-33-3)11-17(9-14)37(25,26,27,28)29/h8-12H,4-7,13,30H2,1-3H3. The number of hydrogen-bond acceptors (Lipinski definition) is 6. The number of aromatic nitrogens is 1. The molecule has 3 aromatic rings. The van der Waals surface area contributed by atoms with E-state index in [4.69, 9.17) is 24.7 Å². The molecule has 0 atom stereocenters. The van der Waals surface area contributed by atoms with Crippen molar-refractivity contribution in [1.29, 1.82) is 0 Å². The first-order valence-corrected chi connectivity index (χ1v) is 12.9. The van der Waals surface area contributed by atoms with E-state index in [1.807, 2.05) is 0 Å². The number of ketones is 1. The smallest absolute Gasteiger partial charge is 0.310 e. The molecule has 0 aliphatic heterocycles. The first kappa shape index (κ1) is 28.3. The fourth-order valence-corrected chi connectivity index (χ4v) is 4.26. The van der Waals surface area contributed by atoms with E-state index in [0.717, 1.165) is 10.6 Å². The monoisotopic (exact) mass is 556 g/mol. The molecule has 0 fully saturated rings. The second kappa shape index (κ2) is 9.56. The molecule has 0 unspecified atom stereocenters. The van der Waals surface area contributed by atoms with E-state index in [0.29, 0.717) is 0 Å². The lowest BCUT2D eigenvalue weighted by atomic mass is 10.1. The number of carbonyl (C=O) groups excluding carboxylic acids is 1. The van der Waals surface area contributed by atoms with Crippen LogP contribution in [0.15, 0.2) is 35.4 Å². The second-order valence-electron chi connectivity index (χ2n) is 7.92. The zero-order valence-electron chi connectivity index (χ0n) is 20.2. The first-order chi connectivity index (χ1) is 17.1. The third kappa shape index (κ3) is 6.36. The molecular formula is C23H26F6N2O5S. The van der Waals surface area contributed by atoms with Gasteiger partial charge in [0.15, 0.2) is 23.1 Å². The summed E-state index contributed by atoms with van der Waals surface area (Å²) in [5.41, 5.74) is 5.36. The maximum Gasteiger partial charge on any atom is 0.310 e. The Balaban J connectivity index is 2.05. The van der Waals surface area contributed by atoms with Gasteiger partial charge in [-0.3, -0.25) is 4.79 Å². The molecule has 0 aliphatic carbocycles. The Labute approximate surface area is 208 Å². The van der Waals surface area contributed by atoms with Crippen LogP contribution in [0.1, 0.15) is 24.2 Å². The fraction of sp³-hybridized carbons (Fsp3) is 0.348. The van der Waals surface area contributed by atoms with Gasteiger partial charge >= 0.3 is 10.2 Å². The van der Waals surface area contributed by atoms with Crippen LogP contribution in [-0.2, 0) is 11.3 Å². The molecule has 0 radical (unpaired) electrons. The summed E-state index contributed by atoms with van der Waals surface area (Å²) in [5, 5.41) is 0.142. The third-order valence-electron chi connectivity index (χ3n) is 5.18. The Morgan fingerprint density at radius 2 is 1.65 bits per heavy atom. The lowest BCUT2D eigenvalue weighted by Gasteiger charge is -2.40. The Morgan fingerprint density at radius 3 is 2.24 bits per heavy atom. The summed E-state index contributed by atoms with van der Waals surface area (Å²) in [7, 11) is -8.84. The van der Waals surface area contributed by atoms with E-state index < -0.39 is 44.6 Å². The van der Waals surface area contributed by atoms with E-state index in [1.165, 1.54) is 19.4 Å². The highest BCUT2D eigenvalue weighted by Gasteiger charge is 2.65. The summed E-state index contributed by atoms with van der Waals surface area (Å²) in [6.45, 7) is 2.71. The largest absolute Gasteiger partial charge is 0.491 e. The van der Waals surface area contributed by atoms with E-state index in [2.05, 4.69) is 0 Å². The van der Waals surface area contributed by atoms with Crippen LogP contribution >= 0.6 is 10.2 Å². The van der Waals surface area contributed by atoms with Crippen LogP contribution in [0.2, 0.25) is 0 Å². The number of ether oxygens (including phenoxy) is 4. The molecule has 14 heteroatoms. The number of methoxy groups -OCH3 is 1. The lowest BCUT2D eigenvalue weighted by molar-refractivity contribution is 0.0972. The average Bonchev–Trinajstić information content (AvgIpc) is 3.10. The molecular weight excluding hydrogens is 530 g/mol. The zero-order chi connectivity index (χ0) is 27.7. The van der Waals surface area contributed by atoms with Crippen LogP contribution in [0.4, 0.5) is 29.6 Å². The Hall–Kier alpha value is -3.26. The number of hydrogen-bond donors (Lipinski definition) is 1.